The summed E-state index contributed by atoms with van der Waals surface area (Å²) in [5.41, 5.74) is 13.0. The third-order valence-corrected chi connectivity index (χ3v) is 12.6. The quantitative estimate of drug-likeness (QED) is 0.167. The summed E-state index contributed by atoms with van der Waals surface area (Å²) in [6.45, 7) is 0. The van der Waals surface area contributed by atoms with Gasteiger partial charge in [0.05, 0.1) is 0 Å². The lowest BCUT2D eigenvalue weighted by molar-refractivity contribution is 0.664. The van der Waals surface area contributed by atoms with E-state index in [1.54, 1.807) is 0 Å². The zero-order valence-electron chi connectivity index (χ0n) is 32.4. The maximum absolute atomic E-state index is 6.51. The Bertz CT molecular complexity index is 3880. The Kier molecular flexibility index (Phi) is 7.05. The summed E-state index contributed by atoms with van der Waals surface area (Å²) in [7, 11) is 0. The fourth-order valence-electron chi connectivity index (χ4n) is 9.51. The zero-order valence-corrected chi connectivity index (χ0v) is 32.4. The molecule has 2 aromatic heterocycles. The first-order valence-electron chi connectivity index (χ1n) is 20.5. The van der Waals surface area contributed by atoms with Crippen LogP contribution >= 0.6 is 0 Å². The number of hydrogen-bond acceptors (Lipinski definition) is 2. The van der Waals surface area contributed by atoms with Crippen molar-refractivity contribution in [2.24, 2.45) is 0 Å². The highest BCUT2D eigenvalue weighted by Crippen LogP contribution is 2.41. The molecule has 0 amide bonds. The molecule has 2 heteroatoms. The molecule has 0 fully saturated rings. The van der Waals surface area contributed by atoms with Crippen molar-refractivity contribution in [3.63, 3.8) is 0 Å². The normalized spacial score (nSPS) is 12.0. The molecular formula is C58H34O2. The lowest BCUT2D eigenvalue weighted by Gasteiger charge is -2.12. The van der Waals surface area contributed by atoms with E-state index in [2.05, 4.69) is 206 Å². The zero-order chi connectivity index (χ0) is 39.3. The Labute approximate surface area is 345 Å². The molecular weight excluding hydrogens is 729 g/mol. The van der Waals surface area contributed by atoms with Gasteiger partial charge >= 0.3 is 0 Å². The van der Waals surface area contributed by atoms with Gasteiger partial charge in [-0.05, 0) is 148 Å². The molecule has 0 radical (unpaired) electrons. The van der Waals surface area contributed by atoms with Gasteiger partial charge in [-0.25, -0.2) is 0 Å². The third kappa shape index (κ3) is 5.21. The Morgan fingerprint density at radius 3 is 1.22 bits per heavy atom. The van der Waals surface area contributed by atoms with Crippen LogP contribution < -0.4 is 0 Å². The van der Waals surface area contributed by atoms with Crippen LogP contribution in [-0.4, -0.2) is 0 Å². The minimum Gasteiger partial charge on any atom is -0.456 e. The first-order valence-corrected chi connectivity index (χ1v) is 20.5. The molecule has 2 heterocycles. The number of rotatable bonds is 4. The Morgan fingerprint density at radius 2 is 0.600 bits per heavy atom. The van der Waals surface area contributed by atoms with Gasteiger partial charge in [-0.15, -0.1) is 0 Å². The summed E-state index contributed by atoms with van der Waals surface area (Å²) >= 11 is 0. The van der Waals surface area contributed by atoms with Crippen molar-refractivity contribution in [3.05, 3.63) is 206 Å². The molecule has 60 heavy (non-hydrogen) atoms. The van der Waals surface area contributed by atoms with Gasteiger partial charge < -0.3 is 8.83 Å². The van der Waals surface area contributed by atoms with Crippen LogP contribution in [0, 0.1) is 0 Å². The van der Waals surface area contributed by atoms with Crippen LogP contribution in [0.2, 0.25) is 0 Å². The standard InChI is InChI=1S/C58H34O2/c1-2-8-38-27-39(18-15-35(38)7-1)40-19-20-42-29-43(22-21-41(42)28-40)45-24-26-56-52(31-45)54-34-57-53(33-58(54)60-56)51-30-44(23-25-55(51)59-57)36-13-16-37(17-14-36)50-32-46-9-3-4-10-47(46)48-11-5-6-12-49(48)50/h1-34H. The largest absolute Gasteiger partial charge is 0.456 e. The summed E-state index contributed by atoms with van der Waals surface area (Å²) in [6, 6.07) is 74.7. The second-order valence-electron chi connectivity index (χ2n) is 16.1. The molecule has 13 rings (SSSR count). The average molecular weight is 763 g/mol. The maximum Gasteiger partial charge on any atom is 0.136 e. The molecule has 13 aromatic rings. The predicted molar refractivity (Wildman–Crippen MR) is 253 cm³/mol. The van der Waals surface area contributed by atoms with Crippen molar-refractivity contribution in [1.82, 2.24) is 0 Å². The van der Waals surface area contributed by atoms with Crippen molar-refractivity contribution in [1.29, 1.82) is 0 Å². The second kappa shape index (κ2) is 12.8. The van der Waals surface area contributed by atoms with Crippen molar-refractivity contribution in [2.45, 2.75) is 0 Å². The lowest BCUT2D eigenvalue weighted by atomic mass is 9.92. The molecule has 2 nitrogen and oxygen atoms in total. The molecule has 0 spiro atoms. The summed E-state index contributed by atoms with van der Waals surface area (Å²) in [6.07, 6.45) is 0. The highest BCUT2D eigenvalue weighted by atomic mass is 16.3. The van der Waals surface area contributed by atoms with Crippen molar-refractivity contribution >= 4 is 87.0 Å². The molecule has 0 atom stereocenters. The Morgan fingerprint density at radius 1 is 0.200 bits per heavy atom. The summed E-state index contributed by atoms with van der Waals surface area (Å²) in [5, 5.41) is 14.3. The van der Waals surface area contributed by atoms with E-state index in [4.69, 9.17) is 8.83 Å². The molecule has 278 valence electrons. The second-order valence-corrected chi connectivity index (χ2v) is 16.1. The maximum atomic E-state index is 6.51. The lowest BCUT2D eigenvalue weighted by Crippen LogP contribution is -1.85. The molecule has 0 aliphatic carbocycles. The number of benzene rings is 11. The fourth-order valence-corrected chi connectivity index (χ4v) is 9.51. The van der Waals surface area contributed by atoms with E-state index < -0.39 is 0 Å². The van der Waals surface area contributed by atoms with Gasteiger partial charge in [0.2, 0.25) is 0 Å². The summed E-state index contributed by atoms with van der Waals surface area (Å²) in [5.74, 6) is 0. The van der Waals surface area contributed by atoms with E-state index in [9.17, 15) is 0 Å². The van der Waals surface area contributed by atoms with Gasteiger partial charge in [0, 0.05) is 21.5 Å². The first kappa shape index (κ1) is 33.1. The number of hydrogen-bond donors (Lipinski definition) is 0. The van der Waals surface area contributed by atoms with Gasteiger partial charge in [-0.1, -0.05) is 146 Å². The number of furan rings is 2. The van der Waals surface area contributed by atoms with Gasteiger partial charge in [0.15, 0.2) is 0 Å². The topological polar surface area (TPSA) is 26.3 Å². The molecule has 0 N–H and O–H groups in total. The van der Waals surface area contributed by atoms with Gasteiger partial charge in [0.25, 0.3) is 0 Å². The van der Waals surface area contributed by atoms with Crippen LogP contribution in [0.1, 0.15) is 0 Å². The predicted octanol–water partition coefficient (Wildman–Crippen LogP) is 16.8. The van der Waals surface area contributed by atoms with E-state index in [1.165, 1.54) is 70.9 Å². The average Bonchev–Trinajstić information content (AvgIpc) is 3.86. The molecule has 0 saturated heterocycles. The van der Waals surface area contributed by atoms with E-state index in [-0.39, 0.29) is 0 Å². The minimum atomic E-state index is 0.856. The van der Waals surface area contributed by atoms with Gasteiger partial charge in [0.1, 0.15) is 22.3 Å². The van der Waals surface area contributed by atoms with Crippen LogP contribution in [0.25, 0.3) is 131 Å². The molecule has 0 unspecified atom stereocenters. The van der Waals surface area contributed by atoms with Crippen molar-refractivity contribution in [3.8, 4) is 44.5 Å². The van der Waals surface area contributed by atoms with Crippen LogP contribution in [0.15, 0.2) is 215 Å². The van der Waals surface area contributed by atoms with E-state index in [0.717, 1.165) is 60.6 Å². The van der Waals surface area contributed by atoms with Crippen LogP contribution in [0.3, 0.4) is 0 Å². The molecule has 0 saturated carbocycles. The summed E-state index contributed by atoms with van der Waals surface area (Å²) in [4.78, 5) is 0. The van der Waals surface area contributed by atoms with E-state index >= 15 is 0 Å². The van der Waals surface area contributed by atoms with Crippen molar-refractivity contribution in [2.75, 3.05) is 0 Å². The third-order valence-electron chi connectivity index (χ3n) is 12.6. The summed E-state index contributed by atoms with van der Waals surface area (Å²) < 4.78 is 13.0. The minimum absolute atomic E-state index is 0.856. The first-order chi connectivity index (χ1) is 29.7. The van der Waals surface area contributed by atoms with E-state index in [1.807, 2.05) is 0 Å². The van der Waals surface area contributed by atoms with Crippen molar-refractivity contribution < 1.29 is 8.83 Å². The smallest absolute Gasteiger partial charge is 0.136 e. The van der Waals surface area contributed by atoms with Crippen LogP contribution in [0.4, 0.5) is 0 Å². The Balaban J connectivity index is 0.834. The van der Waals surface area contributed by atoms with E-state index in [0.29, 0.717) is 0 Å². The van der Waals surface area contributed by atoms with Crippen LogP contribution in [0.5, 0.6) is 0 Å². The number of fused-ring (bicyclic) bond motifs is 11. The highest BCUT2D eigenvalue weighted by molar-refractivity contribution is 6.16. The monoisotopic (exact) mass is 762 g/mol. The SMILES string of the molecule is c1ccc2cc(-c3ccc4cc(-c5ccc6oc7cc8c(cc7c6c5)oc5ccc(-c6ccc(-c7cc9ccccc9c9ccccc79)cc6)cc58)ccc4c3)ccc2c1. The molecule has 0 bridgehead atoms. The van der Waals surface area contributed by atoms with Gasteiger partial charge in [-0.2, -0.15) is 0 Å². The molecule has 0 aliphatic heterocycles. The molecule has 0 aliphatic rings. The molecule has 11 aromatic carbocycles. The van der Waals surface area contributed by atoms with Gasteiger partial charge in [-0.3, -0.25) is 0 Å². The Hall–Kier alpha value is -7.94. The van der Waals surface area contributed by atoms with Crippen LogP contribution in [-0.2, 0) is 0 Å². The fraction of sp³-hybridized carbons (Fsp3) is 0. The highest BCUT2D eigenvalue weighted by Gasteiger charge is 2.16.